The van der Waals surface area contributed by atoms with Crippen molar-refractivity contribution in [3.8, 4) is 0 Å². The van der Waals surface area contributed by atoms with Gasteiger partial charge in [0.2, 0.25) is 0 Å². The van der Waals surface area contributed by atoms with Crippen molar-refractivity contribution in [2.45, 2.75) is 32.2 Å². The standard InChI is InChI=1S/C18H24N2/c1-15-10-12-17(13-11-15)20-18(9-5-6-14-19)16-7-3-2-4-8-16/h2-4,7-8,10-13,18,20H,5-6,9,14,19H2,1H3. The SMILES string of the molecule is Cc1ccc(NC(CCCCN)c2ccccc2)cc1. The van der Waals surface area contributed by atoms with E-state index in [4.69, 9.17) is 5.73 Å². The van der Waals surface area contributed by atoms with Crippen LogP contribution in [0.1, 0.15) is 36.4 Å². The number of hydrogen-bond acceptors (Lipinski definition) is 2. The Morgan fingerprint density at radius 1 is 0.950 bits per heavy atom. The van der Waals surface area contributed by atoms with E-state index in [2.05, 4.69) is 66.8 Å². The summed E-state index contributed by atoms with van der Waals surface area (Å²) in [5.74, 6) is 0. The molecule has 0 aliphatic rings. The lowest BCUT2D eigenvalue weighted by molar-refractivity contribution is 0.618. The van der Waals surface area contributed by atoms with Crippen molar-refractivity contribution in [1.82, 2.24) is 0 Å². The molecule has 0 aliphatic carbocycles. The highest BCUT2D eigenvalue weighted by atomic mass is 14.9. The summed E-state index contributed by atoms with van der Waals surface area (Å²) in [6, 6.07) is 19.6. The molecule has 2 heteroatoms. The van der Waals surface area contributed by atoms with Gasteiger partial charge in [-0.1, -0.05) is 48.0 Å². The van der Waals surface area contributed by atoms with Crippen LogP contribution in [-0.2, 0) is 0 Å². The lowest BCUT2D eigenvalue weighted by Crippen LogP contribution is -2.11. The highest BCUT2D eigenvalue weighted by molar-refractivity contribution is 5.46. The summed E-state index contributed by atoms with van der Waals surface area (Å²) in [6.45, 7) is 2.88. The largest absolute Gasteiger partial charge is 0.378 e. The van der Waals surface area contributed by atoms with Crippen molar-refractivity contribution in [2.75, 3.05) is 11.9 Å². The molecular weight excluding hydrogens is 244 g/mol. The molecule has 2 aromatic carbocycles. The van der Waals surface area contributed by atoms with Gasteiger partial charge in [-0.25, -0.2) is 0 Å². The summed E-state index contributed by atoms with van der Waals surface area (Å²) in [4.78, 5) is 0. The third kappa shape index (κ3) is 4.39. The summed E-state index contributed by atoms with van der Waals surface area (Å²) < 4.78 is 0. The molecule has 0 fully saturated rings. The van der Waals surface area contributed by atoms with Gasteiger partial charge < -0.3 is 11.1 Å². The Bertz CT molecular complexity index is 491. The zero-order valence-electron chi connectivity index (χ0n) is 12.2. The quantitative estimate of drug-likeness (QED) is 0.736. The summed E-state index contributed by atoms with van der Waals surface area (Å²) in [5, 5.41) is 3.64. The van der Waals surface area contributed by atoms with Crippen LogP contribution in [0.3, 0.4) is 0 Å². The van der Waals surface area contributed by atoms with E-state index in [1.54, 1.807) is 0 Å². The fraction of sp³-hybridized carbons (Fsp3) is 0.333. The maximum absolute atomic E-state index is 5.60. The minimum absolute atomic E-state index is 0.352. The smallest absolute Gasteiger partial charge is 0.0513 e. The van der Waals surface area contributed by atoms with Crippen molar-refractivity contribution >= 4 is 5.69 Å². The van der Waals surface area contributed by atoms with Crippen LogP contribution in [0.4, 0.5) is 5.69 Å². The number of aryl methyl sites for hydroxylation is 1. The summed E-state index contributed by atoms with van der Waals surface area (Å²) >= 11 is 0. The third-order valence-electron chi connectivity index (χ3n) is 3.54. The molecular formula is C18H24N2. The van der Waals surface area contributed by atoms with Gasteiger partial charge in [0.05, 0.1) is 6.04 Å². The highest BCUT2D eigenvalue weighted by Crippen LogP contribution is 2.24. The molecule has 0 aliphatic heterocycles. The molecule has 0 spiro atoms. The maximum atomic E-state index is 5.60. The van der Waals surface area contributed by atoms with Crippen LogP contribution < -0.4 is 11.1 Å². The Hall–Kier alpha value is -1.80. The second kappa shape index (κ2) is 7.71. The van der Waals surface area contributed by atoms with Crippen molar-refractivity contribution < 1.29 is 0 Å². The average Bonchev–Trinajstić information content (AvgIpc) is 2.49. The molecule has 0 radical (unpaired) electrons. The fourth-order valence-corrected chi connectivity index (χ4v) is 2.35. The van der Waals surface area contributed by atoms with E-state index < -0.39 is 0 Å². The Kier molecular flexibility index (Phi) is 5.63. The summed E-state index contributed by atoms with van der Waals surface area (Å²) in [7, 11) is 0. The van der Waals surface area contributed by atoms with Crippen LogP contribution >= 0.6 is 0 Å². The lowest BCUT2D eigenvalue weighted by Gasteiger charge is -2.20. The van der Waals surface area contributed by atoms with Crippen LogP contribution in [0.25, 0.3) is 0 Å². The van der Waals surface area contributed by atoms with Gasteiger partial charge in [0.1, 0.15) is 0 Å². The number of nitrogens with one attached hydrogen (secondary N) is 1. The van der Waals surface area contributed by atoms with Crippen LogP contribution in [0, 0.1) is 6.92 Å². The molecule has 1 atom stereocenters. The first-order chi connectivity index (χ1) is 9.79. The molecule has 0 saturated heterocycles. The van der Waals surface area contributed by atoms with E-state index in [1.807, 2.05) is 0 Å². The van der Waals surface area contributed by atoms with Gasteiger partial charge in [-0.3, -0.25) is 0 Å². The number of rotatable bonds is 7. The van der Waals surface area contributed by atoms with Gasteiger partial charge >= 0.3 is 0 Å². The number of unbranched alkanes of at least 4 members (excludes halogenated alkanes) is 1. The maximum Gasteiger partial charge on any atom is 0.0513 e. The normalized spacial score (nSPS) is 12.1. The second-order valence-electron chi connectivity index (χ2n) is 5.26. The third-order valence-corrected chi connectivity index (χ3v) is 3.54. The number of nitrogens with two attached hydrogens (primary N) is 1. The van der Waals surface area contributed by atoms with Gasteiger partial charge in [0.25, 0.3) is 0 Å². The van der Waals surface area contributed by atoms with E-state index in [0.29, 0.717) is 6.04 Å². The Labute approximate surface area is 122 Å². The first-order valence-corrected chi connectivity index (χ1v) is 7.38. The van der Waals surface area contributed by atoms with E-state index in [0.717, 1.165) is 25.8 Å². The van der Waals surface area contributed by atoms with E-state index in [-0.39, 0.29) is 0 Å². The van der Waals surface area contributed by atoms with E-state index >= 15 is 0 Å². The van der Waals surface area contributed by atoms with Gasteiger partial charge in [-0.15, -0.1) is 0 Å². The van der Waals surface area contributed by atoms with Crippen LogP contribution in [0.2, 0.25) is 0 Å². The van der Waals surface area contributed by atoms with Crippen LogP contribution in [-0.4, -0.2) is 6.54 Å². The summed E-state index contributed by atoms with van der Waals surface area (Å²) in [5.41, 5.74) is 9.41. The topological polar surface area (TPSA) is 38.0 Å². The zero-order chi connectivity index (χ0) is 14.2. The van der Waals surface area contributed by atoms with Gasteiger partial charge in [-0.2, -0.15) is 0 Å². The lowest BCUT2D eigenvalue weighted by atomic mass is 10.0. The number of hydrogen-bond donors (Lipinski definition) is 2. The Morgan fingerprint density at radius 3 is 2.30 bits per heavy atom. The molecule has 2 nitrogen and oxygen atoms in total. The van der Waals surface area contributed by atoms with Gasteiger partial charge in [-0.05, 0) is 50.4 Å². The first kappa shape index (κ1) is 14.6. The molecule has 2 aromatic rings. The number of benzene rings is 2. The molecule has 0 amide bonds. The molecule has 0 heterocycles. The molecule has 20 heavy (non-hydrogen) atoms. The molecule has 106 valence electrons. The van der Waals surface area contributed by atoms with Crippen molar-refractivity contribution in [3.05, 3.63) is 65.7 Å². The molecule has 0 saturated carbocycles. The molecule has 2 rings (SSSR count). The van der Waals surface area contributed by atoms with Gasteiger partial charge in [0.15, 0.2) is 0 Å². The number of anilines is 1. The highest BCUT2D eigenvalue weighted by Gasteiger charge is 2.10. The predicted molar refractivity (Wildman–Crippen MR) is 86.9 cm³/mol. The Morgan fingerprint density at radius 2 is 1.65 bits per heavy atom. The predicted octanol–water partition coefficient (Wildman–Crippen LogP) is 4.28. The van der Waals surface area contributed by atoms with Crippen LogP contribution in [0.5, 0.6) is 0 Å². The first-order valence-electron chi connectivity index (χ1n) is 7.38. The van der Waals surface area contributed by atoms with E-state index in [9.17, 15) is 0 Å². The minimum Gasteiger partial charge on any atom is -0.378 e. The summed E-state index contributed by atoms with van der Waals surface area (Å²) in [6.07, 6.45) is 3.34. The van der Waals surface area contributed by atoms with Crippen molar-refractivity contribution in [2.24, 2.45) is 5.73 Å². The zero-order valence-corrected chi connectivity index (χ0v) is 12.2. The average molecular weight is 268 g/mol. The fourth-order valence-electron chi connectivity index (χ4n) is 2.35. The molecule has 0 aromatic heterocycles. The van der Waals surface area contributed by atoms with Crippen molar-refractivity contribution in [3.63, 3.8) is 0 Å². The second-order valence-corrected chi connectivity index (χ2v) is 5.26. The Balaban J connectivity index is 2.07. The van der Waals surface area contributed by atoms with Crippen LogP contribution in [0.15, 0.2) is 54.6 Å². The monoisotopic (exact) mass is 268 g/mol. The van der Waals surface area contributed by atoms with Crippen molar-refractivity contribution in [1.29, 1.82) is 0 Å². The molecule has 3 N–H and O–H groups in total. The minimum atomic E-state index is 0.352. The molecule has 1 unspecified atom stereocenters. The van der Waals surface area contributed by atoms with Gasteiger partial charge in [0, 0.05) is 5.69 Å². The van der Waals surface area contributed by atoms with E-state index in [1.165, 1.54) is 16.8 Å². The molecule has 0 bridgehead atoms.